The molecule has 1 fully saturated rings. The van der Waals surface area contributed by atoms with Crippen LogP contribution in [-0.2, 0) is 4.74 Å². The van der Waals surface area contributed by atoms with Gasteiger partial charge in [0.2, 0.25) is 0 Å². The van der Waals surface area contributed by atoms with Gasteiger partial charge in [-0.2, -0.15) is 0 Å². The molecule has 0 spiro atoms. The monoisotopic (exact) mass is 290 g/mol. The molecule has 0 aromatic heterocycles. The fourth-order valence-corrected chi connectivity index (χ4v) is 3.14. The van der Waals surface area contributed by atoms with Crippen molar-refractivity contribution in [1.82, 2.24) is 0 Å². The molecule has 1 aliphatic rings. The van der Waals surface area contributed by atoms with Crippen LogP contribution in [0.3, 0.4) is 0 Å². The van der Waals surface area contributed by atoms with Crippen molar-refractivity contribution >= 4 is 11.4 Å². The summed E-state index contributed by atoms with van der Waals surface area (Å²) in [7, 11) is 1.79. The average molecular weight is 290 g/mol. The standard InChI is InChI=1S/C18H30N2O/c1-15(14-18(2,3)21-4)19-16-10-6-7-11-17(16)20-12-8-5-9-13-20/h6-7,10-11,15,19H,5,8-9,12-14H2,1-4H3. The lowest BCUT2D eigenvalue weighted by atomic mass is 9.99. The lowest BCUT2D eigenvalue weighted by molar-refractivity contribution is 0.0128. The molecule has 0 amide bonds. The third kappa shape index (κ3) is 4.63. The van der Waals surface area contributed by atoms with Crippen LogP contribution in [0.5, 0.6) is 0 Å². The highest BCUT2D eigenvalue weighted by molar-refractivity contribution is 5.70. The van der Waals surface area contributed by atoms with Crippen molar-refractivity contribution in [3.8, 4) is 0 Å². The van der Waals surface area contributed by atoms with Gasteiger partial charge >= 0.3 is 0 Å². The average Bonchev–Trinajstić information content (AvgIpc) is 2.48. The van der Waals surface area contributed by atoms with Crippen molar-refractivity contribution in [2.24, 2.45) is 0 Å². The van der Waals surface area contributed by atoms with Crippen LogP contribution in [0.25, 0.3) is 0 Å². The van der Waals surface area contributed by atoms with Gasteiger partial charge in [0.25, 0.3) is 0 Å². The number of benzene rings is 1. The van der Waals surface area contributed by atoms with E-state index in [1.807, 2.05) is 0 Å². The van der Waals surface area contributed by atoms with Gasteiger partial charge in [-0.3, -0.25) is 0 Å². The Labute approximate surface area is 129 Å². The van der Waals surface area contributed by atoms with Crippen molar-refractivity contribution in [2.45, 2.75) is 58.1 Å². The fourth-order valence-electron chi connectivity index (χ4n) is 3.14. The van der Waals surface area contributed by atoms with Crippen LogP contribution >= 0.6 is 0 Å². The van der Waals surface area contributed by atoms with Gasteiger partial charge in [0, 0.05) is 26.2 Å². The predicted octanol–water partition coefficient (Wildman–Crippen LogP) is 4.29. The van der Waals surface area contributed by atoms with E-state index in [1.54, 1.807) is 7.11 Å². The number of piperidine rings is 1. The number of methoxy groups -OCH3 is 1. The van der Waals surface area contributed by atoms with E-state index in [0.717, 1.165) is 6.42 Å². The van der Waals surface area contributed by atoms with Crippen LogP contribution in [0.2, 0.25) is 0 Å². The van der Waals surface area contributed by atoms with Gasteiger partial charge in [-0.05, 0) is 58.6 Å². The molecule has 1 atom stereocenters. The van der Waals surface area contributed by atoms with Crippen molar-refractivity contribution in [2.75, 3.05) is 30.4 Å². The Kier molecular flexibility index (Phi) is 5.51. The smallest absolute Gasteiger partial charge is 0.0642 e. The first-order chi connectivity index (χ1) is 10.0. The van der Waals surface area contributed by atoms with Gasteiger partial charge < -0.3 is 15.0 Å². The molecule has 0 radical (unpaired) electrons. The molecule has 1 unspecified atom stereocenters. The zero-order valence-corrected chi connectivity index (χ0v) is 14.0. The molecule has 0 saturated carbocycles. The van der Waals surface area contributed by atoms with E-state index >= 15 is 0 Å². The van der Waals surface area contributed by atoms with E-state index in [9.17, 15) is 0 Å². The maximum absolute atomic E-state index is 5.54. The first kappa shape index (κ1) is 16.2. The number of nitrogens with zero attached hydrogens (tertiary/aromatic N) is 1. The second-order valence-corrected chi connectivity index (χ2v) is 6.78. The molecule has 1 saturated heterocycles. The van der Waals surface area contributed by atoms with Crippen LogP contribution in [0, 0.1) is 0 Å². The minimum Gasteiger partial charge on any atom is -0.381 e. The normalized spacial score (nSPS) is 17.6. The molecule has 1 N–H and O–H groups in total. The topological polar surface area (TPSA) is 24.5 Å². The number of hydrogen-bond acceptors (Lipinski definition) is 3. The zero-order chi connectivity index (χ0) is 15.3. The summed E-state index contributed by atoms with van der Waals surface area (Å²) in [4.78, 5) is 2.51. The third-order valence-electron chi connectivity index (χ3n) is 4.35. The molecule has 1 aromatic carbocycles. The number of hydrogen-bond donors (Lipinski definition) is 1. The fraction of sp³-hybridized carbons (Fsp3) is 0.667. The van der Waals surface area contributed by atoms with Gasteiger partial charge in [-0.1, -0.05) is 12.1 Å². The van der Waals surface area contributed by atoms with E-state index in [4.69, 9.17) is 4.74 Å². The van der Waals surface area contributed by atoms with Crippen LogP contribution in [-0.4, -0.2) is 31.8 Å². The van der Waals surface area contributed by atoms with E-state index in [0.29, 0.717) is 6.04 Å². The number of nitrogens with one attached hydrogen (secondary N) is 1. The van der Waals surface area contributed by atoms with Crippen molar-refractivity contribution in [3.05, 3.63) is 24.3 Å². The molecule has 118 valence electrons. The Morgan fingerprint density at radius 1 is 1.19 bits per heavy atom. The molecule has 3 nitrogen and oxygen atoms in total. The summed E-state index contributed by atoms with van der Waals surface area (Å²) >= 11 is 0. The molecule has 1 heterocycles. The van der Waals surface area contributed by atoms with Gasteiger partial charge in [0.15, 0.2) is 0 Å². The van der Waals surface area contributed by atoms with Gasteiger partial charge in [-0.25, -0.2) is 0 Å². The van der Waals surface area contributed by atoms with Crippen LogP contribution < -0.4 is 10.2 Å². The van der Waals surface area contributed by atoms with E-state index in [2.05, 4.69) is 55.3 Å². The van der Waals surface area contributed by atoms with Crippen LogP contribution in [0.1, 0.15) is 46.5 Å². The third-order valence-corrected chi connectivity index (χ3v) is 4.35. The van der Waals surface area contributed by atoms with Gasteiger partial charge in [0.1, 0.15) is 0 Å². The summed E-state index contributed by atoms with van der Waals surface area (Å²) in [5.41, 5.74) is 2.50. The number of anilines is 2. The first-order valence-corrected chi connectivity index (χ1v) is 8.17. The van der Waals surface area contributed by atoms with E-state index in [1.165, 1.54) is 43.7 Å². The maximum atomic E-state index is 5.54. The number of para-hydroxylation sites is 2. The Balaban J connectivity index is 2.05. The Hall–Kier alpha value is -1.22. The summed E-state index contributed by atoms with van der Waals surface area (Å²) in [6.45, 7) is 8.87. The second-order valence-electron chi connectivity index (χ2n) is 6.78. The Morgan fingerprint density at radius 2 is 1.86 bits per heavy atom. The summed E-state index contributed by atoms with van der Waals surface area (Å²) in [5.74, 6) is 0. The highest BCUT2D eigenvalue weighted by Crippen LogP contribution is 2.29. The van der Waals surface area contributed by atoms with Gasteiger partial charge in [-0.15, -0.1) is 0 Å². The molecule has 0 aliphatic carbocycles. The quantitative estimate of drug-likeness (QED) is 0.845. The predicted molar refractivity (Wildman–Crippen MR) is 91.3 cm³/mol. The summed E-state index contributed by atoms with van der Waals surface area (Å²) in [6.07, 6.45) is 4.96. The molecule has 0 bridgehead atoms. The van der Waals surface area contributed by atoms with Crippen molar-refractivity contribution in [1.29, 1.82) is 0 Å². The number of rotatable bonds is 6. The molecule has 3 heteroatoms. The van der Waals surface area contributed by atoms with Gasteiger partial charge in [0.05, 0.1) is 17.0 Å². The van der Waals surface area contributed by atoms with E-state index in [-0.39, 0.29) is 5.60 Å². The molecule has 2 rings (SSSR count). The molecule has 1 aliphatic heterocycles. The largest absolute Gasteiger partial charge is 0.381 e. The SMILES string of the molecule is COC(C)(C)CC(C)Nc1ccccc1N1CCCCC1. The van der Waals surface area contributed by atoms with Crippen molar-refractivity contribution < 1.29 is 4.74 Å². The second kappa shape index (κ2) is 7.17. The highest BCUT2D eigenvalue weighted by Gasteiger charge is 2.21. The number of ether oxygens (including phenoxy) is 1. The summed E-state index contributed by atoms with van der Waals surface area (Å²) in [6, 6.07) is 9.07. The molecule has 21 heavy (non-hydrogen) atoms. The maximum Gasteiger partial charge on any atom is 0.0642 e. The molecular formula is C18H30N2O. The lowest BCUT2D eigenvalue weighted by Gasteiger charge is -2.32. The lowest BCUT2D eigenvalue weighted by Crippen LogP contribution is -2.33. The highest BCUT2D eigenvalue weighted by atomic mass is 16.5. The minimum absolute atomic E-state index is 0.0908. The summed E-state index contributed by atoms with van der Waals surface area (Å²) < 4.78 is 5.54. The first-order valence-electron chi connectivity index (χ1n) is 8.17. The van der Waals surface area contributed by atoms with Crippen LogP contribution in [0.4, 0.5) is 11.4 Å². The summed E-state index contributed by atoms with van der Waals surface area (Å²) in [5, 5.41) is 3.68. The molecular weight excluding hydrogens is 260 g/mol. The minimum atomic E-state index is -0.0908. The van der Waals surface area contributed by atoms with Crippen LogP contribution in [0.15, 0.2) is 24.3 Å². The Bertz CT molecular complexity index is 439. The van der Waals surface area contributed by atoms with Crippen molar-refractivity contribution in [3.63, 3.8) is 0 Å². The molecule has 1 aromatic rings. The van der Waals surface area contributed by atoms with E-state index < -0.39 is 0 Å². The zero-order valence-electron chi connectivity index (χ0n) is 14.0. The Morgan fingerprint density at radius 3 is 2.52 bits per heavy atom.